The van der Waals surface area contributed by atoms with Crippen molar-refractivity contribution >= 4 is 21.7 Å². The molecule has 2 heterocycles. The van der Waals surface area contributed by atoms with Crippen LogP contribution in [-0.2, 0) is 21.0 Å². The van der Waals surface area contributed by atoms with Gasteiger partial charge in [0.15, 0.2) is 0 Å². The summed E-state index contributed by atoms with van der Waals surface area (Å²) in [4.78, 5) is 16.1. The summed E-state index contributed by atoms with van der Waals surface area (Å²) < 4.78 is 65.4. The molecular formula is C21H22F3N5O3S. The molecule has 12 heteroatoms. The number of carbonyl (C=O) groups is 1. The van der Waals surface area contributed by atoms with Crippen LogP contribution in [0.4, 0.5) is 19.0 Å². The Kier molecular flexibility index (Phi) is 7.55. The average Bonchev–Trinajstić information content (AvgIpc) is 2.81. The zero-order chi connectivity index (χ0) is 24.1. The predicted octanol–water partition coefficient (Wildman–Crippen LogP) is 2.60. The van der Waals surface area contributed by atoms with Crippen LogP contribution in [0.2, 0.25) is 0 Å². The first-order valence-corrected chi connectivity index (χ1v) is 11.6. The third kappa shape index (κ3) is 6.00. The smallest absolute Gasteiger partial charge is 0.367 e. The van der Waals surface area contributed by atoms with E-state index in [1.165, 1.54) is 0 Å². The molecule has 176 valence electrons. The molecule has 1 aromatic carbocycles. The van der Waals surface area contributed by atoms with Crippen molar-refractivity contribution in [2.45, 2.75) is 23.9 Å². The van der Waals surface area contributed by atoms with Crippen LogP contribution in [0, 0.1) is 17.2 Å². The lowest BCUT2D eigenvalue weighted by Gasteiger charge is -2.30. The van der Waals surface area contributed by atoms with Gasteiger partial charge in [-0.15, -0.1) is 0 Å². The monoisotopic (exact) mass is 481 g/mol. The number of amides is 1. The number of alkyl halides is 3. The molecule has 2 N–H and O–H groups in total. The number of aromatic nitrogens is 1. The van der Waals surface area contributed by atoms with Gasteiger partial charge in [0, 0.05) is 38.3 Å². The molecule has 1 aliphatic rings. The molecular weight excluding hydrogens is 459 g/mol. The minimum Gasteiger partial charge on any atom is -0.367 e. The number of halogens is 3. The molecule has 8 nitrogen and oxygen atoms in total. The summed E-state index contributed by atoms with van der Waals surface area (Å²) in [5, 5.41) is 14.8. The van der Waals surface area contributed by atoms with Gasteiger partial charge in [-0.05, 0) is 43.2 Å². The summed E-state index contributed by atoms with van der Waals surface area (Å²) in [6, 6.07) is 8.92. The van der Waals surface area contributed by atoms with Crippen LogP contribution in [0.15, 0.2) is 47.5 Å². The second-order valence-corrected chi connectivity index (χ2v) is 9.37. The maximum absolute atomic E-state index is 12.9. The van der Waals surface area contributed by atoms with Crippen LogP contribution >= 0.6 is 0 Å². The van der Waals surface area contributed by atoms with Gasteiger partial charge in [-0.1, -0.05) is 6.07 Å². The number of pyridine rings is 1. The molecule has 0 spiro atoms. The lowest BCUT2D eigenvalue weighted by atomic mass is 9.97. The van der Waals surface area contributed by atoms with Crippen molar-refractivity contribution in [3.8, 4) is 6.07 Å². The molecule has 0 saturated carbocycles. The zero-order valence-electron chi connectivity index (χ0n) is 17.5. The van der Waals surface area contributed by atoms with Crippen molar-refractivity contribution in [2.75, 3.05) is 31.5 Å². The summed E-state index contributed by atoms with van der Waals surface area (Å²) in [5.41, 5.74) is -0.641. The highest BCUT2D eigenvalue weighted by molar-refractivity contribution is 7.89. The maximum atomic E-state index is 12.9. The van der Waals surface area contributed by atoms with Gasteiger partial charge in [0.05, 0.1) is 16.0 Å². The molecule has 0 unspecified atom stereocenters. The van der Waals surface area contributed by atoms with E-state index in [2.05, 4.69) is 15.6 Å². The quantitative estimate of drug-likeness (QED) is 0.588. The van der Waals surface area contributed by atoms with Crippen LogP contribution in [0.3, 0.4) is 0 Å². The molecule has 3 rings (SSSR count). The van der Waals surface area contributed by atoms with Crippen LogP contribution in [-0.4, -0.2) is 49.8 Å². The van der Waals surface area contributed by atoms with Gasteiger partial charge >= 0.3 is 6.18 Å². The van der Waals surface area contributed by atoms with E-state index < -0.39 is 32.6 Å². The Labute approximate surface area is 189 Å². The first-order valence-electron chi connectivity index (χ1n) is 10.2. The van der Waals surface area contributed by atoms with E-state index >= 15 is 0 Å². The van der Waals surface area contributed by atoms with Crippen molar-refractivity contribution in [3.05, 3.63) is 53.7 Å². The third-order valence-electron chi connectivity index (χ3n) is 5.27. The Hall–Kier alpha value is -3.17. The lowest BCUT2D eigenvalue weighted by Crippen LogP contribution is -2.43. The molecule has 0 aliphatic carbocycles. The van der Waals surface area contributed by atoms with Crippen LogP contribution in [0.25, 0.3) is 0 Å². The SMILES string of the molecule is N#Cc1cccnc1NCCNC(=O)C1CCN(S(=O)(=O)c2cccc(C(F)(F)F)c2)CC1. The molecule has 33 heavy (non-hydrogen) atoms. The molecule has 2 aromatic rings. The number of benzene rings is 1. The molecule has 0 atom stereocenters. The first-order chi connectivity index (χ1) is 15.6. The number of anilines is 1. The van der Waals surface area contributed by atoms with E-state index in [4.69, 9.17) is 5.26 Å². The standard InChI is InChI=1S/C21H22F3N5O3S/c22-21(23,24)17-4-1-5-18(13-17)33(31,32)29-11-6-15(7-12-29)20(30)28-10-9-27-19-16(14-25)3-2-8-26-19/h1-5,8,13,15H,6-7,9-12H2,(H,26,27)(H,28,30). The van der Waals surface area contributed by atoms with Gasteiger partial charge in [0.1, 0.15) is 11.9 Å². The maximum Gasteiger partial charge on any atom is 0.416 e. The van der Waals surface area contributed by atoms with Crippen molar-refractivity contribution in [2.24, 2.45) is 5.92 Å². The minimum atomic E-state index is -4.64. The van der Waals surface area contributed by atoms with E-state index in [0.29, 0.717) is 24.0 Å². The average molecular weight is 482 g/mol. The highest BCUT2D eigenvalue weighted by atomic mass is 32.2. The second-order valence-electron chi connectivity index (χ2n) is 7.43. The Morgan fingerprint density at radius 3 is 2.58 bits per heavy atom. The van der Waals surface area contributed by atoms with Crippen LogP contribution in [0.1, 0.15) is 24.0 Å². The largest absolute Gasteiger partial charge is 0.416 e. The van der Waals surface area contributed by atoms with E-state index in [1.807, 2.05) is 6.07 Å². The van der Waals surface area contributed by atoms with Crippen molar-refractivity contribution < 1.29 is 26.4 Å². The summed E-state index contributed by atoms with van der Waals surface area (Å²) in [6.07, 6.45) is -2.58. The van der Waals surface area contributed by atoms with Gasteiger partial charge < -0.3 is 10.6 Å². The molecule has 0 radical (unpaired) electrons. The fraction of sp³-hybridized carbons (Fsp3) is 0.381. The molecule has 1 aromatic heterocycles. The summed E-state index contributed by atoms with van der Waals surface area (Å²) in [7, 11) is -4.09. The molecule has 0 bridgehead atoms. The molecule has 1 amide bonds. The number of carbonyl (C=O) groups excluding carboxylic acids is 1. The molecule has 1 saturated heterocycles. The van der Waals surface area contributed by atoms with Crippen molar-refractivity contribution in [1.29, 1.82) is 5.26 Å². The van der Waals surface area contributed by atoms with Gasteiger partial charge in [-0.3, -0.25) is 4.79 Å². The fourth-order valence-electron chi connectivity index (χ4n) is 3.49. The van der Waals surface area contributed by atoms with E-state index in [9.17, 15) is 26.4 Å². The number of piperidine rings is 1. The molecule has 1 aliphatic heterocycles. The summed E-state index contributed by atoms with van der Waals surface area (Å²) >= 11 is 0. The van der Waals surface area contributed by atoms with E-state index in [1.54, 1.807) is 18.3 Å². The summed E-state index contributed by atoms with van der Waals surface area (Å²) in [6.45, 7) is 0.700. The van der Waals surface area contributed by atoms with Gasteiger partial charge in [0.2, 0.25) is 15.9 Å². The normalized spacial score (nSPS) is 15.6. The third-order valence-corrected chi connectivity index (χ3v) is 7.16. The molecule has 1 fully saturated rings. The number of nitrogens with zero attached hydrogens (tertiary/aromatic N) is 3. The second kappa shape index (κ2) is 10.2. The van der Waals surface area contributed by atoms with Crippen LogP contribution in [0.5, 0.6) is 0 Å². The van der Waals surface area contributed by atoms with E-state index in [-0.39, 0.29) is 38.4 Å². The van der Waals surface area contributed by atoms with Crippen molar-refractivity contribution in [3.63, 3.8) is 0 Å². The number of nitriles is 1. The zero-order valence-corrected chi connectivity index (χ0v) is 18.3. The highest BCUT2D eigenvalue weighted by Gasteiger charge is 2.35. The topological polar surface area (TPSA) is 115 Å². The van der Waals surface area contributed by atoms with E-state index in [0.717, 1.165) is 22.5 Å². The predicted molar refractivity (Wildman–Crippen MR) is 113 cm³/mol. The highest BCUT2D eigenvalue weighted by Crippen LogP contribution is 2.32. The first kappa shape index (κ1) is 24.5. The number of nitrogens with one attached hydrogen (secondary N) is 2. The van der Waals surface area contributed by atoms with Crippen molar-refractivity contribution in [1.82, 2.24) is 14.6 Å². The number of hydrogen-bond donors (Lipinski definition) is 2. The Balaban J connectivity index is 1.50. The van der Waals surface area contributed by atoms with Gasteiger partial charge in [-0.2, -0.15) is 22.7 Å². The van der Waals surface area contributed by atoms with Gasteiger partial charge in [0.25, 0.3) is 0 Å². The minimum absolute atomic E-state index is 0.0361. The number of hydrogen-bond acceptors (Lipinski definition) is 6. The Morgan fingerprint density at radius 1 is 1.18 bits per heavy atom. The lowest BCUT2D eigenvalue weighted by molar-refractivity contribution is -0.137. The van der Waals surface area contributed by atoms with Gasteiger partial charge in [-0.25, -0.2) is 13.4 Å². The Bertz CT molecular complexity index is 1140. The van der Waals surface area contributed by atoms with Crippen LogP contribution < -0.4 is 10.6 Å². The number of sulfonamides is 1. The number of rotatable bonds is 7. The fourth-order valence-corrected chi connectivity index (χ4v) is 5.00. The summed E-state index contributed by atoms with van der Waals surface area (Å²) in [5.74, 6) is -0.209. The Morgan fingerprint density at radius 2 is 1.91 bits per heavy atom.